The predicted octanol–water partition coefficient (Wildman–Crippen LogP) is 3.25. The van der Waals surface area contributed by atoms with Crippen molar-refractivity contribution >= 4 is 0 Å². The van der Waals surface area contributed by atoms with E-state index in [4.69, 9.17) is 4.74 Å². The molecule has 0 amide bonds. The molecule has 0 unspecified atom stereocenters. The minimum absolute atomic E-state index is 0.158. The van der Waals surface area contributed by atoms with Gasteiger partial charge in [0.2, 0.25) is 0 Å². The first-order valence-electron chi connectivity index (χ1n) is 5.98. The number of benzene rings is 1. The molecule has 4 nitrogen and oxygen atoms in total. The van der Waals surface area contributed by atoms with Crippen molar-refractivity contribution in [3.8, 4) is 5.75 Å². The second kappa shape index (κ2) is 4.80. The van der Waals surface area contributed by atoms with Crippen LogP contribution in [0.25, 0.3) is 0 Å². The smallest absolute Gasteiger partial charge is 0.145 e. The van der Waals surface area contributed by atoms with Crippen LogP contribution in [0.5, 0.6) is 5.75 Å². The molecule has 0 radical (unpaired) electrons. The molecular formula is C14H18N2O2. The van der Waals surface area contributed by atoms with Gasteiger partial charge in [0, 0.05) is 0 Å². The Balaban J connectivity index is 2.01. The van der Waals surface area contributed by atoms with Gasteiger partial charge in [-0.25, -0.2) is 4.63 Å². The molecule has 0 aliphatic carbocycles. The summed E-state index contributed by atoms with van der Waals surface area (Å²) in [4.78, 5) is 0. The molecule has 1 aromatic heterocycles. The summed E-state index contributed by atoms with van der Waals surface area (Å²) in [5.41, 5.74) is 2.94. The zero-order chi connectivity index (χ0) is 13.2. The molecule has 4 heteroatoms. The number of aromatic nitrogens is 2. The van der Waals surface area contributed by atoms with E-state index in [2.05, 4.69) is 47.8 Å². The lowest BCUT2D eigenvalue weighted by Crippen LogP contribution is -2.10. The summed E-state index contributed by atoms with van der Waals surface area (Å²) in [5.74, 6) is 0.824. The molecule has 0 fully saturated rings. The molecule has 2 aromatic rings. The molecule has 0 N–H and O–H groups in total. The lowest BCUT2D eigenvalue weighted by Gasteiger charge is -2.19. The monoisotopic (exact) mass is 246 g/mol. The Morgan fingerprint density at radius 1 is 1.11 bits per heavy atom. The van der Waals surface area contributed by atoms with E-state index in [1.54, 1.807) is 0 Å². The van der Waals surface area contributed by atoms with Crippen molar-refractivity contribution in [2.75, 3.05) is 0 Å². The van der Waals surface area contributed by atoms with E-state index < -0.39 is 0 Å². The molecule has 0 spiro atoms. The Bertz CT molecular complexity index is 509. The van der Waals surface area contributed by atoms with Crippen LogP contribution >= 0.6 is 0 Å². The van der Waals surface area contributed by atoms with E-state index in [1.165, 1.54) is 5.56 Å². The van der Waals surface area contributed by atoms with E-state index in [9.17, 15) is 0 Å². The summed E-state index contributed by atoms with van der Waals surface area (Å²) in [6.45, 7) is 8.79. The van der Waals surface area contributed by atoms with E-state index in [0.717, 1.165) is 17.1 Å². The van der Waals surface area contributed by atoms with E-state index >= 15 is 0 Å². The topological polar surface area (TPSA) is 48.2 Å². The highest BCUT2D eigenvalue weighted by Crippen LogP contribution is 2.24. The van der Waals surface area contributed by atoms with Gasteiger partial charge < -0.3 is 4.74 Å². The fourth-order valence-corrected chi connectivity index (χ4v) is 1.58. The molecule has 1 aromatic carbocycles. The molecule has 0 saturated heterocycles. The van der Waals surface area contributed by atoms with E-state index in [1.807, 2.05) is 19.1 Å². The first-order valence-corrected chi connectivity index (χ1v) is 5.98. The van der Waals surface area contributed by atoms with Crippen molar-refractivity contribution in [1.29, 1.82) is 0 Å². The summed E-state index contributed by atoms with van der Waals surface area (Å²) >= 11 is 0. The molecule has 96 valence electrons. The highest BCUT2D eigenvalue weighted by molar-refractivity contribution is 5.31. The van der Waals surface area contributed by atoms with Crippen LogP contribution in [-0.4, -0.2) is 10.3 Å². The average molecular weight is 246 g/mol. The van der Waals surface area contributed by atoms with Gasteiger partial charge in [-0.2, -0.15) is 0 Å². The Morgan fingerprint density at radius 3 is 2.28 bits per heavy atom. The summed E-state index contributed by atoms with van der Waals surface area (Å²) < 4.78 is 10.3. The van der Waals surface area contributed by atoms with Crippen LogP contribution in [0.4, 0.5) is 0 Å². The Labute approximate surface area is 107 Å². The van der Waals surface area contributed by atoms with Crippen molar-refractivity contribution in [3.05, 3.63) is 41.2 Å². The van der Waals surface area contributed by atoms with Crippen LogP contribution in [-0.2, 0) is 12.0 Å². The molecule has 0 aliphatic rings. The summed E-state index contributed by atoms with van der Waals surface area (Å²) in [7, 11) is 0. The molecule has 18 heavy (non-hydrogen) atoms. The van der Waals surface area contributed by atoms with Gasteiger partial charge >= 0.3 is 0 Å². The second-order valence-electron chi connectivity index (χ2n) is 5.36. The van der Waals surface area contributed by atoms with Crippen molar-refractivity contribution < 1.29 is 9.37 Å². The minimum Gasteiger partial charge on any atom is -0.487 e. The number of nitrogens with zero attached hydrogens (tertiary/aromatic N) is 2. The molecule has 0 bridgehead atoms. The van der Waals surface area contributed by atoms with Crippen LogP contribution in [0.3, 0.4) is 0 Å². The zero-order valence-corrected chi connectivity index (χ0v) is 11.2. The normalized spacial score (nSPS) is 11.6. The SMILES string of the molecule is Cc1nonc1COc1ccc(C(C)(C)C)cc1. The van der Waals surface area contributed by atoms with E-state index in [0.29, 0.717) is 6.61 Å². The number of hydrogen-bond donors (Lipinski definition) is 0. The number of aryl methyl sites for hydroxylation is 1. The predicted molar refractivity (Wildman–Crippen MR) is 68.5 cm³/mol. The van der Waals surface area contributed by atoms with Crippen LogP contribution in [0.15, 0.2) is 28.9 Å². The average Bonchev–Trinajstić information content (AvgIpc) is 2.72. The maximum atomic E-state index is 5.64. The molecule has 0 aliphatic heterocycles. The molecule has 0 saturated carbocycles. The van der Waals surface area contributed by atoms with Crippen LogP contribution in [0, 0.1) is 6.92 Å². The summed E-state index contributed by atoms with van der Waals surface area (Å²) in [6.07, 6.45) is 0. The van der Waals surface area contributed by atoms with Crippen molar-refractivity contribution in [1.82, 2.24) is 10.3 Å². The van der Waals surface area contributed by atoms with Crippen molar-refractivity contribution in [3.63, 3.8) is 0 Å². The Hall–Kier alpha value is -1.84. The van der Waals surface area contributed by atoms with Gasteiger partial charge in [0.05, 0.1) is 0 Å². The maximum Gasteiger partial charge on any atom is 0.145 e. The molecular weight excluding hydrogens is 228 g/mol. The van der Waals surface area contributed by atoms with Crippen LogP contribution < -0.4 is 4.74 Å². The molecule has 2 rings (SSSR count). The molecule has 0 atom stereocenters. The van der Waals surface area contributed by atoms with Gasteiger partial charge in [0.15, 0.2) is 0 Å². The maximum absolute atomic E-state index is 5.64. The first kappa shape index (κ1) is 12.6. The third kappa shape index (κ3) is 2.88. The Kier molecular flexibility index (Phi) is 3.36. The third-order valence-electron chi connectivity index (χ3n) is 2.84. The standard InChI is InChI=1S/C14H18N2O2/c1-10-13(16-18-15-10)9-17-12-7-5-11(6-8-12)14(2,3)4/h5-8H,9H2,1-4H3. The lowest BCUT2D eigenvalue weighted by atomic mass is 9.87. The zero-order valence-electron chi connectivity index (χ0n) is 11.2. The van der Waals surface area contributed by atoms with Gasteiger partial charge in [-0.05, 0) is 30.0 Å². The molecule has 1 heterocycles. The van der Waals surface area contributed by atoms with Gasteiger partial charge in [-0.1, -0.05) is 43.2 Å². The van der Waals surface area contributed by atoms with Gasteiger partial charge in [0.25, 0.3) is 0 Å². The fourth-order valence-electron chi connectivity index (χ4n) is 1.58. The quantitative estimate of drug-likeness (QED) is 0.834. The number of rotatable bonds is 3. The fraction of sp³-hybridized carbons (Fsp3) is 0.429. The summed E-state index contributed by atoms with van der Waals surface area (Å²) in [5, 5.41) is 7.49. The second-order valence-corrected chi connectivity index (χ2v) is 5.36. The Morgan fingerprint density at radius 2 is 1.78 bits per heavy atom. The highest BCUT2D eigenvalue weighted by Gasteiger charge is 2.13. The number of hydrogen-bond acceptors (Lipinski definition) is 4. The lowest BCUT2D eigenvalue weighted by molar-refractivity contribution is 0.270. The minimum atomic E-state index is 0.158. The van der Waals surface area contributed by atoms with Gasteiger partial charge in [-0.3, -0.25) is 0 Å². The van der Waals surface area contributed by atoms with Crippen molar-refractivity contribution in [2.45, 2.75) is 39.7 Å². The van der Waals surface area contributed by atoms with Crippen molar-refractivity contribution in [2.24, 2.45) is 0 Å². The van der Waals surface area contributed by atoms with Crippen LogP contribution in [0.1, 0.15) is 37.7 Å². The van der Waals surface area contributed by atoms with Crippen LogP contribution in [0.2, 0.25) is 0 Å². The largest absolute Gasteiger partial charge is 0.487 e. The van der Waals surface area contributed by atoms with E-state index in [-0.39, 0.29) is 5.41 Å². The summed E-state index contributed by atoms with van der Waals surface area (Å²) in [6, 6.07) is 8.12. The highest BCUT2D eigenvalue weighted by atomic mass is 16.6. The van der Waals surface area contributed by atoms with Gasteiger partial charge in [0.1, 0.15) is 23.7 Å². The third-order valence-corrected chi connectivity index (χ3v) is 2.84. The number of ether oxygens (including phenoxy) is 1. The first-order chi connectivity index (χ1) is 8.47. The van der Waals surface area contributed by atoms with Gasteiger partial charge in [-0.15, -0.1) is 0 Å².